The number of aliphatic carboxylic acids is 2. The predicted molar refractivity (Wildman–Crippen MR) is 107 cm³/mol. The maximum Gasteiger partial charge on any atom is 0.161 e. The van der Waals surface area contributed by atoms with Crippen LogP contribution in [0.25, 0.3) is 0 Å². The lowest BCUT2D eigenvalue weighted by Crippen LogP contribution is -3.09. The van der Waals surface area contributed by atoms with Crippen molar-refractivity contribution in [3.8, 4) is 11.5 Å². The third-order valence-corrected chi connectivity index (χ3v) is 4.95. The van der Waals surface area contributed by atoms with Gasteiger partial charge in [0.1, 0.15) is 0 Å². The van der Waals surface area contributed by atoms with Gasteiger partial charge in [0.25, 0.3) is 0 Å². The molecule has 7 heteroatoms. The van der Waals surface area contributed by atoms with Gasteiger partial charge in [0.05, 0.1) is 52.2 Å². The molecule has 2 atom stereocenters. The van der Waals surface area contributed by atoms with Gasteiger partial charge < -0.3 is 34.2 Å². The second-order valence-corrected chi connectivity index (χ2v) is 7.00. The van der Waals surface area contributed by atoms with E-state index in [2.05, 4.69) is 49.5 Å². The van der Waals surface area contributed by atoms with Gasteiger partial charge in [0.2, 0.25) is 0 Å². The summed E-state index contributed by atoms with van der Waals surface area (Å²) in [5, 5.41) is 18.8. The Hall–Kier alpha value is -3.32. The fourth-order valence-corrected chi connectivity index (χ4v) is 3.51. The number of hydrogen-bond donors (Lipinski definition) is 1. The molecule has 0 radical (unpaired) electrons. The lowest BCUT2D eigenvalue weighted by Gasteiger charge is -2.21. The summed E-state index contributed by atoms with van der Waals surface area (Å²) in [7, 11) is 5.68. The molecule has 0 spiro atoms. The smallest absolute Gasteiger partial charge is 0.161 e. The van der Waals surface area contributed by atoms with E-state index < -0.39 is 11.9 Å². The van der Waals surface area contributed by atoms with Crippen LogP contribution in [0.4, 0.5) is 0 Å². The summed E-state index contributed by atoms with van der Waals surface area (Å²) in [6.45, 7) is 2.25. The Bertz CT molecular complexity index is 878. The molecule has 0 aliphatic carbocycles. The Morgan fingerprint density at radius 3 is 2.10 bits per heavy atom. The van der Waals surface area contributed by atoms with Crippen LogP contribution in [0.15, 0.2) is 54.6 Å². The molecule has 0 fully saturated rings. The number of hydrogen-bond acceptors (Lipinski definition) is 6. The molecule has 1 aliphatic heterocycles. The Morgan fingerprint density at radius 2 is 1.57 bits per heavy atom. The van der Waals surface area contributed by atoms with Crippen LogP contribution in [0.1, 0.15) is 22.6 Å². The molecule has 1 N–H and O–H groups in total. The first kappa shape index (κ1) is 23.0. The summed E-state index contributed by atoms with van der Waals surface area (Å²) in [5.74, 6) is -1.05. The van der Waals surface area contributed by atoms with Gasteiger partial charge in [0, 0.05) is 6.42 Å². The number of likely N-dealkylation sites (N-methyl/N-ethyl adjacent to an activating group) is 1. The molecule has 1 aliphatic rings. The maximum atomic E-state index is 9.41. The summed E-state index contributed by atoms with van der Waals surface area (Å²) in [6, 6.07) is 15.1. The fourth-order valence-electron chi connectivity index (χ4n) is 3.51. The zero-order valence-electron chi connectivity index (χ0n) is 17.3. The number of benzene rings is 2. The molecule has 0 saturated heterocycles. The largest absolute Gasteiger partial charge is 0.545 e. The van der Waals surface area contributed by atoms with Gasteiger partial charge in [-0.3, -0.25) is 0 Å². The van der Waals surface area contributed by atoms with Crippen molar-refractivity contribution in [1.29, 1.82) is 0 Å². The molecule has 0 amide bonds. The van der Waals surface area contributed by atoms with E-state index >= 15 is 0 Å². The summed E-state index contributed by atoms with van der Waals surface area (Å²) in [6.07, 6.45) is 1.84. The first-order valence-electron chi connectivity index (χ1n) is 9.56. The standard InChI is InChI=1S/C19H23NO2.C4H4O4/c1-20-10-9-15-11-18(21-2)19(22-3)12-16(15)17(13-20)14-7-5-4-6-8-14;5-3(6)1-2-4(7)8/h4-8,11-12,17H,9-10,13H2,1-3H3;1-2H,(H,5,6)(H,7,8)/p-1/b;2-1-/t17-;/m1./s1. The summed E-state index contributed by atoms with van der Waals surface area (Å²) in [5.41, 5.74) is 4.13. The number of methoxy groups -OCH3 is 2. The summed E-state index contributed by atoms with van der Waals surface area (Å²) < 4.78 is 11.0. The summed E-state index contributed by atoms with van der Waals surface area (Å²) >= 11 is 0. The highest BCUT2D eigenvalue weighted by Crippen LogP contribution is 2.36. The van der Waals surface area contributed by atoms with Crippen molar-refractivity contribution >= 4 is 11.9 Å². The first-order valence-corrected chi connectivity index (χ1v) is 9.56. The number of carboxylic acid groups (broad SMARTS) is 2. The first-order chi connectivity index (χ1) is 14.3. The average molecular weight is 412 g/mol. The van der Waals surface area contributed by atoms with Gasteiger partial charge in [-0.2, -0.15) is 0 Å². The molecule has 7 nitrogen and oxygen atoms in total. The average Bonchev–Trinajstić information content (AvgIpc) is 2.90. The molecule has 0 saturated carbocycles. The van der Waals surface area contributed by atoms with Crippen LogP contribution in [0.5, 0.6) is 11.5 Å². The van der Waals surface area contributed by atoms with Crippen molar-refractivity contribution in [2.24, 2.45) is 0 Å². The Morgan fingerprint density at radius 1 is 1.00 bits per heavy atom. The Kier molecular flexibility index (Phi) is 8.43. The van der Waals surface area contributed by atoms with Gasteiger partial charge in [-0.15, -0.1) is 0 Å². The quantitative estimate of drug-likeness (QED) is 0.629. The number of carboxylic acids is 2. The molecule has 2 aromatic rings. The number of rotatable bonds is 5. The molecule has 0 aromatic heterocycles. The second-order valence-electron chi connectivity index (χ2n) is 7.00. The third kappa shape index (κ3) is 6.35. The summed E-state index contributed by atoms with van der Waals surface area (Å²) in [4.78, 5) is 20.4. The number of carbonyl (C=O) groups is 2. The monoisotopic (exact) mass is 412 g/mol. The van der Waals surface area contributed by atoms with E-state index in [1.165, 1.54) is 16.7 Å². The molecule has 3 rings (SSSR count). The SMILES string of the molecule is COc1cc2c(cc1OC)[C@@H](c1ccccc1)C[NH+](C)CC2.O=C([O-])/C=C\C(=O)[O-]. The number of carbonyl (C=O) groups excluding carboxylic acids is 2. The topological polar surface area (TPSA) is 103 Å². The lowest BCUT2D eigenvalue weighted by molar-refractivity contribution is -0.879. The number of quaternary nitrogens is 1. The van der Waals surface area contributed by atoms with Crippen molar-refractivity contribution < 1.29 is 34.2 Å². The van der Waals surface area contributed by atoms with Gasteiger partial charge in [-0.1, -0.05) is 30.3 Å². The van der Waals surface area contributed by atoms with Gasteiger partial charge >= 0.3 is 0 Å². The molecular weight excluding hydrogens is 386 g/mol. The van der Waals surface area contributed by atoms with Crippen LogP contribution in [0.2, 0.25) is 0 Å². The van der Waals surface area contributed by atoms with Gasteiger partial charge in [-0.05, 0) is 41.0 Å². The zero-order chi connectivity index (χ0) is 22.1. The van der Waals surface area contributed by atoms with E-state index in [9.17, 15) is 19.8 Å². The predicted octanol–water partition coefficient (Wildman–Crippen LogP) is -1.05. The Balaban J connectivity index is 0.000000343. The minimum absolute atomic E-state index is 0.384. The number of fused-ring (bicyclic) bond motifs is 1. The Labute approximate surface area is 176 Å². The highest BCUT2D eigenvalue weighted by molar-refractivity contribution is 5.87. The van der Waals surface area contributed by atoms with Crippen LogP contribution in [-0.2, 0) is 16.0 Å². The van der Waals surface area contributed by atoms with Gasteiger partial charge in [-0.25, -0.2) is 0 Å². The van der Waals surface area contributed by atoms with Crippen molar-refractivity contribution in [2.45, 2.75) is 12.3 Å². The molecule has 0 bridgehead atoms. The molecule has 1 heterocycles. The molecule has 2 aromatic carbocycles. The molecule has 30 heavy (non-hydrogen) atoms. The van der Waals surface area contributed by atoms with E-state index in [-0.39, 0.29) is 0 Å². The van der Waals surface area contributed by atoms with Gasteiger partial charge in [0.15, 0.2) is 11.5 Å². The van der Waals surface area contributed by atoms with Crippen molar-refractivity contribution in [2.75, 3.05) is 34.4 Å². The second kappa shape index (κ2) is 11.0. The van der Waals surface area contributed by atoms with Crippen molar-refractivity contribution in [3.05, 3.63) is 71.3 Å². The zero-order valence-corrected chi connectivity index (χ0v) is 17.3. The maximum absolute atomic E-state index is 9.41. The molecule has 1 unspecified atom stereocenters. The molecular formula is C23H26NO6-. The van der Waals surface area contributed by atoms with E-state index in [1.807, 2.05) is 0 Å². The lowest BCUT2D eigenvalue weighted by atomic mass is 9.87. The van der Waals surface area contributed by atoms with E-state index in [1.54, 1.807) is 19.1 Å². The van der Waals surface area contributed by atoms with Crippen molar-refractivity contribution in [1.82, 2.24) is 0 Å². The minimum Gasteiger partial charge on any atom is -0.545 e. The third-order valence-electron chi connectivity index (χ3n) is 4.95. The number of ether oxygens (including phenoxy) is 2. The number of nitrogens with one attached hydrogen (secondary N) is 1. The molecule has 160 valence electrons. The highest BCUT2D eigenvalue weighted by atomic mass is 16.5. The normalized spacial score (nSPS) is 17.8. The van der Waals surface area contributed by atoms with Crippen molar-refractivity contribution in [3.63, 3.8) is 0 Å². The van der Waals surface area contributed by atoms with E-state index in [0.717, 1.165) is 31.0 Å². The minimum atomic E-state index is -1.55. The van der Waals surface area contributed by atoms with Crippen LogP contribution in [0, 0.1) is 0 Å². The van der Waals surface area contributed by atoms with Crippen LogP contribution < -0.4 is 24.6 Å². The van der Waals surface area contributed by atoms with Crippen LogP contribution in [0.3, 0.4) is 0 Å². The van der Waals surface area contributed by atoms with Crippen LogP contribution in [-0.4, -0.2) is 46.3 Å². The highest BCUT2D eigenvalue weighted by Gasteiger charge is 2.27. The van der Waals surface area contributed by atoms with E-state index in [0.29, 0.717) is 18.1 Å². The van der Waals surface area contributed by atoms with E-state index in [4.69, 9.17) is 9.47 Å². The van der Waals surface area contributed by atoms with Crippen LogP contribution >= 0.6 is 0 Å². The fraction of sp³-hybridized carbons (Fsp3) is 0.304.